The largest absolute Gasteiger partial charge is 0.543 e. The zero-order chi connectivity index (χ0) is 15.7. The van der Waals surface area contributed by atoms with Crippen molar-refractivity contribution in [3.8, 4) is 11.5 Å². The van der Waals surface area contributed by atoms with Crippen LogP contribution >= 0.6 is 0 Å². The minimum absolute atomic E-state index is 0.114. The summed E-state index contributed by atoms with van der Waals surface area (Å²) in [6, 6.07) is 4.65. The van der Waals surface area contributed by atoms with E-state index in [1.807, 2.05) is 0 Å². The molecule has 0 bridgehead atoms. The summed E-state index contributed by atoms with van der Waals surface area (Å²) in [6.07, 6.45) is 1.45. The SMILES string of the molecule is COc1ccc(OC)c([C@H]2C=C(C(=O)[O-])Nc3nnnn32)c1. The van der Waals surface area contributed by atoms with Crippen molar-refractivity contribution in [2.75, 3.05) is 19.5 Å². The maximum absolute atomic E-state index is 11.2. The molecule has 0 fully saturated rings. The predicted molar refractivity (Wildman–Crippen MR) is 72.2 cm³/mol. The van der Waals surface area contributed by atoms with E-state index < -0.39 is 12.0 Å². The maximum atomic E-state index is 11.2. The molecule has 1 aromatic carbocycles. The van der Waals surface area contributed by atoms with Crippen LogP contribution in [-0.4, -0.2) is 40.4 Å². The molecule has 1 aliphatic rings. The normalized spacial score (nSPS) is 16.3. The third-order valence-electron chi connectivity index (χ3n) is 3.30. The van der Waals surface area contributed by atoms with Crippen molar-refractivity contribution < 1.29 is 19.4 Å². The van der Waals surface area contributed by atoms with E-state index in [1.54, 1.807) is 25.3 Å². The molecule has 1 N–H and O–H groups in total. The third-order valence-corrected chi connectivity index (χ3v) is 3.30. The monoisotopic (exact) mass is 302 g/mol. The minimum Gasteiger partial charge on any atom is -0.543 e. The van der Waals surface area contributed by atoms with Gasteiger partial charge in [-0.05, 0) is 34.7 Å². The number of fused-ring (bicyclic) bond motifs is 1. The van der Waals surface area contributed by atoms with Crippen LogP contribution in [0.1, 0.15) is 11.6 Å². The van der Waals surface area contributed by atoms with Gasteiger partial charge in [-0.2, -0.15) is 4.68 Å². The highest BCUT2D eigenvalue weighted by Crippen LogP contribution is 2.35. The van der Waals surface area contributed by atoms with E-state index in [-0.39, 0.29) is 11.6 Å². The summed E-state index contributed by atoms with van der Waals surface area (Å²) < 4.78 is 12.0. The Bertz CT molecular complexity index is 755. The fourth-order valence-corrected chi connectivity index (χ4v) is 2.27. The zero-order valence-electron chi connectivity index (χ0n) is 11.8. The summed E-state index contributed by atoms with van der Waals surface area (Å²) in [6.45, 7) is 0. The smallest absolute Gasteiger partial charge is 0.248 e. The summed E-state index contributed by atoms with van der Waals surface area (Å²) in [5.74, 6) is 0.0214. The highest BCUT2D eigenvalue weighted by atomic mass is 16.5. The van der Waals surface area contributed by atoms with Crippen molar-refractivity contribution in [2.45, 2.75) is 6.04 Å². The number of methoxy groups -OCH3 is 2. The molecular weight excluding hydrogens is 290 g/mol. The van der Waals surface area contributed by atoms with Gasteiger partial charge in [-0.25, -0.2) is 0 Å². The number of nitrogens with one attached hydrogen (secondary N) is 1. The van der Waals surface area contributed by atoms with Crippen LogP contribution < -0.4 is 19.9 Å². The molecule has 1 aliphatic heterocycles. The molecule has 1 aromatic heterocycles. The fourth-order valence-electron chi connectivity index (χ4n) is 2.27. The summed E-state index contributed by atoms with van der Waals surface area (Å²) >= 11 is 0. The lowest BCUT2D eigenvalue weighted by Crippen LogP contribution is -2.33. The van der Waals surface area contributed by atoms with Crippen molar-refractivity contribution in [1.29, 1.82) is 0 Å². The molecule has 9 nitrogen and oxygen atoms in total. The molecule has 22 heavy (non-hydrogen) atoms. The Morgan fingerprint density at radius 3 is 2.86 bits per heavy atom. The lowest BCUT2D eigenvalue weighted by molar-refractivity contribution is -0.299. The molecule has 2 heterocycles. The van der Waals surface area contributed by atoms with Crippen molar-refractivity contribution in [1.82, 2.24) is 20.2 Å². The Morgan fingerprint density at radius 2 is 2.18 bits per heavy atom. The number of carboxylic acid groups (broad SMARTS) is 1. The first-order chi connectivity index (χ1) is 10.6. The number of rotatable bonds is 4. The van der Waals surface area contributed by atoms with Crippen LogP contribution in [0.15, 0.2) is 30.0 Å². The second kappa shape index (κ2) is 5.35. The second-order valence-electron chi connectivity index (χ2n) is 4.49. The summed E-state index contributed by atoms with van der Waals surface area (Å²) in [5, 5.41) is 24.9. The van der Waals surface area contributed by atoms with Gasteiger partial charge in [0, 0.05) is 5.56 Å². The molecule has 2 aromatic rings. The Labute approximate surface area is 125 Å². The van der Waals surface area contributed by atoms with E-state index in [4.69, 9.17) is 9.47 Å². The number of tetrazole rings is 1. The first-order valence-corrected chi connectivity index (χ1v) is 6.34. The molecule has 1 atom stereocenters. The van der Waals surface area contributed by atoms with Crippen LogP contribution in [0.4, 0.5) is 5.95 Å². The number of carbonyl (C=O) groups excluding carboxylic acids is 1. The third kappa shape index (κ3) is 2.22. The molecule has 114 valence electrons. The molecule has 0 radical (unpaired) electrons. The first-order valence-electron chi connectivity index (χ1n) is 6.34. The van der Waals surface area contributed by atoms with Gasteiger partial charge < -0.3 is 24.7 Å². The highest BCUT2D eigenvalue weighted by molar-refractivity contribution is 5.88. The number of hydrogen-bond donors (Lipinski definition) is 1. The Kier molecular flexibility index (Phi) is 3.37. The van der Waals surface area contributed by atoms with Crippen LogP contribution in [-0.2, 0) is 4.79 Å². The molecule has 3 rings (SSSR count). The number of ether oxygens (including phenoxy) is 2. The van der Waals surface area contributed by atoms with Gasteiger partial charge in [0.05, 0.1) is 25.9 Å². The van der Waals surface area contributed by atoms with Gasteiger partial charge in [-0.15, -0.1) is 0 Å². The van der Waals surface area contributed by atoms with Crippen molar-refractivity contribution in [3.05, 3.63) is 35.5 Å². The number of nitrogens with zero attached hydrogens (tertiary/aromatic N) is 4. The molecule has 0 unspecified atom stereocenters. The van der Waals surface area contributed by atoms with Gasteiger partial charge in [0.25, 0.3) is 0 Å². The van der Waals surface area contributed by atoms with Crippen molar-refractivity contribution >= 4 is 11.9 Å². The van der Waals surface area contributed by atoms with E-state index in [0.717, 1.165) is 0 Å². The molecule has 0 saturated heterocycles. The number of carboxylic acids is 1. The Balaban J connectivity index is 2.16. The topological polar surface area (TPSA) is 114 Å². The molecule has 0 amide bonds. The second-order valence-corrected chi connectivity index (χ2v) is 4.49. The fraction of sp³-hybridized carbons (Fsp3) is 0.231. The number of hydrogen-bond acceptors (Lipinski definition) is 8. The van der Waals surface area contributed by atoms with Gasteiger partial charge >= 0.3 is 0 Å². The standard InChI is InChI=1S/C13H13N5O4/c1-21-7-3-4-11(22-2)8(5-7)10-6-9(12(19)20)14-13-15-16-17-18(10)13/h3-6,10H,1-2H3,(H,19,20)(H,14,15,17)/p-1/t10-/m1/s1. The number of allylic oxidation sites excluding steroid dienone is 1. The average molecular weight is 302 g/mol. The Morgan fingerprint density at radius 1 is 1.36 bits per heavy atom. The van der Waals surface area contributed by atoms with E-state index in [0.29, 0.717) is 17.1 Å². The molecule has 0 saturated carbocycles. The van der Waals surface area contributed by atoms with Gasteiger partial charge in [0.15, 0.2) is 0 Å². The van der Waals surface area contributed by atoms with Crippen molar-refractivity contribution in [3.63, 3.8) is 0 Å². The zero-order valence-corrected chi connectivity index (χ0v) is 11.8. The lowest BCUT2D eigenvalue weighted by Gasteiger charge is -2.25. The van der Waals surface area contributed by atoms with E-state index >= 15 is 0 Å². The average Bonchev–Trinajstić information content (AvgIpc) is 3.01. The van der Waals surface area contributed by atoms with Crippen LogP contribution in [0.3, 0.4) is 0 Å². The van der Waals surface area contributed by atoms with Crippen LogP contribution in [0, 0.1) is 0 Å². The number of aromatic nitrogens is 4. The maximum Gasteiger partial charge on any atom is 0.248 e. The number of anilines is 1. The lowest BCUT2D eigenvalue weighted by atomic mass is 10.0. The minimum atomic E-state index is -1.35. The van der Waals surface area contributed by atoms with E-state index in [1.165, 1.54) is 17.9 Å². The summed E-state index contributed by atoms with van der Waals surface area (Å²) in [5.41, 5.74) is 0.549. The van der Waals surface area contributed by atoms with Gasteiger partial charge in [0.1, 0.15) is 17.5 Å². The summed E-state index contributed by atoms with van der Waals surface area (Å²) in [7, 11) is 3.06. The predicted octanol–water partition coefficient (Wildman–Crippen LogP) is -0.661. The van der Waals surface area contributed by atoms with Crippen LogP contribution in [0.25, 0.3) is 0 Å². The van der Waals surface area contributed by atoms with E-state index in [9.17, 15) is 9.90 Å². The van der Waals surface area contributed by atoms with Crippen molar-refractivity contribution in [2.24, 2.45) is 0 Å². The number of benzene rings is 1. The summed E-state index contributed by atoms with van der Waals surface area (Å²) in [4.78, 5) is 11.2. The van der Waals surface area contributed by atoms with E-state index in [2.05, 4.69) is 20.8 Å². The van der Waals surface area contributed by atoms with Crippen LogP contribution in [0.5, 0.6) is 11.5 Å². The number of aliphatic carboxylic acids is 1. The molecule has 0 aliphatic carbocycles. The van der Waals surface area contributed by atoms with Gasteiger partial charge in [0.2, 0.25) is 5.95 Å². The van der Waals surface area contributed by atoms with Gasteiger partial charge in [-0.1, -0.05) is 5.10 Å². The first kappa shape index (κ1) is 13.9. The highest BCUT2D eigenvalue weighted by Gasteiger charge is 2.26. The Hall–Kier alpha value is -3.10. The molecule has 0 spiro atoms. The van der Waals surface area contributed by atoms with Crippen LogP contribution in [0.2, 0.25) is 0 Å². The quantitative estimate of drug-likeness (QED) is 0.791. The van der Waals surface area contributed by atoms with Gasteiger partial charge in [-0.3, -0.25) is 0 Å². The molecule has 9 heteroatoms. The number of carbonyl (C=O) groups is 1. The molecular formula is C13H12N5O4-.